The van der Waals surface area contributed by atoms with Crippen LogP contribution in [-0.2, 0) is 9.47 Å². The minimum atomic E-state index is 0.642. The van der Waals surface area contributed by atoms with Gasteiger partial charge >= 0.3 is 0 Å². The molecule has 0 fully saturated rings. The second-order valence-corrected chi connectivity index (χ2v) is 1.34. The van der Waals surface area contributed by atoms with E-state index < -0.39 is 0 Å². The van der Waals surface area contributed by atoms with Crippen LogP contribution < -0.4 is 0 Å². The topological polar surface area (TPSA) is 18.5 Å². The number of methoxy groups -OCH3 is 1. The van der Waals surface area contributed by atoms with Crippen molar-refractivity contribution in [1.82, 2.24) is 0 Å². The molecule has 0 aliphatic rings. The Balaban J connectivity index is 3.83. The van der Waals surface area contributed by atoms with E-state index in [4.69, 9.17) is 4.74 Å². The highest BCUT2D eigenvalue weighted by atomic mass is 16.5. The van der Waals surface area contributed by atoms with Crippen molar-refractivity contribution in [2.45, 2.75) is 6.92 Å². The average molecular weight is 138 g/mol. The Kier molecular flexibility index (Phi) is 6.67. The molecule has 0 amide bonds. The SMILES string of the molecule is CCOC=C=C=C=COC. The van der Waals surface area contributed by atoms with Gasteiger partial charge in [0.1, 0.15) is 12.5 Å². The van der Waals surface area contributed by atoms with E-state index in [-0.39, 0.29) is 0 Å². The molecule has 0 aromatic heterocycles. The molecule has 0 saturated carbocycles. The van der Waals surface area contributed by atoms with Crippen LogP contribution in [0.2, 0.25) is 0 Å². The lowest BCUT2D eigenvalue weighted by Gasteiger charge is -1.84. The molecule has 0 aliphatic heterocycles. The fourth-order valence-electron chi connectivity index (χ4n) is 0.285. The second-order valence-electron chi connectivity index (χ2n) is 1.34. The molecule has 10 heavy (non-hydrogen) atoms. The van der Waals surface area contributed by atoms with Crippen LogP contribution in [0.5, 0.6) is 0 Å². The van der Waals surface area contributed by atoms with Crippen molar-refractivity contribution in [2.75, 3.05) is 13.7 Å². The maximum atomic E-state index is 4.82. The van der Waals surface area contributed by atoms with Crippen LogP contribution in [-0.4, -0.2) is 13.7 Å². The molecule has 0 N–H and O–H groups in total. The molecular formula is C8H10O2. The monoisotopic (exact) mass is 138 g/mol. The van der Waals surface area contributed by atoms with Gasteiger partial charge in [0.15, 0.2) is 0 Å². The fourth-order valence-corrected chi connectivity index (χ4v) is 0.285. The Morgan fingerprint density at radius 1 is 1.30 bits per heavy atom. The Bertz CT molecular complexity index is 187. The van der Waals surface area contributed by atoms with E-state index in [9.17, 15) is 0 Å². The Morgan fingerprint density at radius 2 is 2.00 bits per heavy atom. The maximum Gasteiger partial charge on any atom is 0.134 e. The summed E-state index contributed by atoms with van der Waals surface area (Å²) in [6.45, 7) is 2.54. The third-order valence-corrected chi connectivity index (χ3v) is 0.630. The van der Waals surface area contributed by atoms with Crippen molar-refractivity contribution < 1.29 is 9.47 Å². The van der Waals surface area contributed by atoms with Gasteiger partial charge < -0.3 is 9.47 Å². The molecule has 0 saturated heterocycles. The first kappa shape index (κ1) is 8.68. The van der Waals surface area contributed by atoms with E-state index in [1.54, 1.807) is 7.11 Å². The van der Waals surface area contributed by atoms with Crippen LogP contribution in [0.1, 0.15) is 6.92 Å². The van der Waals surface area contributed by atoms with Crippen molar-refractivity contribution in [3.05, 3.63) is 29.7 Å². The molecule has 0 heterocycles. The fraction of sp³-hybridized carbons (Fsp3) is 0.375. The van der Waals surface area contributed by atoms with Gasteiger partial charge in [0, 0.05) is 0 Å². The molecule has 0 aliphatic carbocycles. The lowest BCUT2D eigenvalue weighted by atomic mass is 10.7. The lowest BCUT2D eigenvalue weighted by Crippen LogP contribution is -1.72. The summed E-state index contributed by atoms with van der Waals surface area (Å²) in [5, 5.41) is 0. The molecule has 2 nitrogen and oxygen atoms in total. The molecule has 0 atom stereocenters. The zero-order chi connectivity index (χ0) is 7.66. The number of ether oxygens (including phenoxy) is 2. The summed E-state index contributed by atoms with van der Waals surface area (Å²) in [6.07, 6.45) is 2.81. The van der Waals surface area contributed by atoms with E-state index in [0.717, 1.165) is 0 Å². The number of hydrogen-bond donors (Lipinski definition) is 0. The third-order valence-electron chi connectivity index (χ3n) is 0.630. The molecule has 0 aromatic carbocycles. The van der Waals surface area contributed by atoms with E-state index in [0.29, 0.717) is 6.61 Å². The molecule has 0 aromatic rings. The maximum absolute atomic E-state index is 4.82. The van der Waals surface area contributed by atoms with Crippen LogP contribution >= 0.6 is 0 Å². The van der Waals surface area contributed by atoms with E-state index in [1.165, 1.54) is 12.5 Å². The van der Waals surface area contributed by atoms with Gasteiger partial charge in [-0.2, -0.15) is 0 Å². The first-order valence-electron chi connectivity index (χ1n) is 2.95. The van der Waals surface area contributed by atoms with Crippen LogP contribution in [0.25, 0.3) is 0 Å². The standard InChI is InChI=1S/C8H10O2/c1-3-10-8-6-4-5-7-9-2/h7-8H,3H2,1-2H3. The first-order chi connectivity index (χ1) is 4.91. The van der Waals surface area contributed by atoms with E-state index in [1.807, 2.05) is 6.92 Å². The van der Waals surface area contributed by atoms with E-state index in [2.05, 4.69) is 21.9 Å². The minimum absolute atomic E-state index is 0.642. The third kappa shape index (κ3) is 6.68. The molecule has 0 radical (unpaired) electrons. The Hall–Kier alpha value is -1.32. The molecule has 0 spiro atoms. The van der Waals surface area contributed by atoms with Crippen LogP contribution in [0.15, 0.2) is 29.7 Å². The summed E-state index contributed by atoms with van der Waals surface area (Å²) in [6, 6.07) is 0. The van der Waals surface area contributed by atoms with Gasteiger partial charge in [0.05, 0.1) is 13.7 Å². The number of hydrogen-bond acceptors (Lipinski definition) is 2. The summed E-state index contributed by atoms with van der Waals surface area (Å²) >= 11 is 0. The molecular weight excluding hydrogens is 128 g/mol. The zero-order valence-corrected chi connectivity index (χ0v) is 6.18. The van der Waals surface area contributed by atoms with Gasteiger partial charge in [-0.3, -0.25) is 0 Å². The summed E-state index contributed by atoms with van der Waals surface area (Å²) in [4.78, 5) is 0. The van der Waals surface area contributed by atoms with Gasteiger partial charge in [-0.1, -0.05) is 0 Å². The second kappa shape index (κ2) is 7.68. The molecule has 0 unspecified atom stereocenters. The zero-order valence-electron chi connectivity index (χ0n) is 6.18. The van der Waals surface area contributed by atoms with Gasteiger partial charge in [-0.25, -0.2) is 0 Å². The summed E-state index contributed by atoms with van der Waals surface area (Å²) in [7, 11) is 1.54. The highest BCUT2D eigenvalue weighted by Crippen LogP contribution is 1.70. The Labute approximate surface area is 60.8 Å². The summed E-state index contributed by atoms with van der Waals surface area (Å²) < 4.78 is 9.38. The molecule has 54 valence electrons. The van der Waals surface area contributed by atoms with Crippen LogP contribution in [0.3, 0.4) is 0 Å². The lowest BCUT2D eigenvalue weighted by molar-refractivity contribution is 0.270. The predicted octanol–water partition coefficient (Wildman–Crippen LogP) is 1.61. The summed E-state index contributed by atoms with van der Waals surface area (Å²) in [5.41, 5.74) is 7.74. The smallest absolute Gasteiger partial charge is 0.134 e. The minimum Gasteiger partial charge on any atom is -0.496 e. The van der Waals surface area contributed by atoms with Crippen molar-refractivity contribution >= 4 is 0 Å². The highest BCUT2D eigenvalue weighted by molar-refractivity contribution is 4.81. The van der Waals surface area contributed by atoms with Gasteiger partial charge in [0.2, 0.25) is 0 Å². The van der Waals surface area contributed by atoms with Crippen LogP contribution in [0.4, 0.5) is 0 Å². The molecule has 2 heteroatoms. The largest absolute Gasteiger partial charge is 0.496 e. The quantitative estimate of drug-likeness (QED) is 0.435. The van der Waals surface area contributed by atoms with Crippen molar-refractivity contribution in [3.63, 3.8) is 0 Å². The first-order valence-corrected chi connectivity index (χ1v) is 2.95. The normalized spacial score (nSPS) is 6.20. The highest BCUT2D eigenvalue weighted by Gasteiger charge is 1.60. The van der Waals surface area contributed by atoms with Crippen molar-refractivity contribution in [1.29, 1.82) is 0 Å². The van der Waals surface area contributed by atoms with Crippen molar-refractivity contribution in [3.8, 4) is 0 Å². The number of rotatable bonds is 3. The van der Waals surface area contributed by atoms with E-state index >= 15 is 0 Å². The average Bonchev–Trinajstić information content (AvgIpc) is 1.97. The van der Waals surface area contributed by atoms with Gasteiger partial charge in [-0.05, 0) is 24.1 Å². The van der Waals surface area contributed by atoms with Crippen LogP contribution in [0, 0.1) is 0 Å². The van der Waals surface area contributed by atoms with Crippen molar-refractivity contribution in [2.24, 2.45) is 0 Å². The summed E-state index contributed by atoms with van der Waals surface area (Å²) in [5.74, 6) is 0. The predicted molar refractivity (Wildman–Crippen MR) is 38.3 cm³/mol. The molecule has 0 rings (SSSR count). The van der Waals surface area contributed by atoms with Gasteiger partial charge in [-0.15, -0.1) is 0 Å². The van der Waals surface area contributed by atoms with Gasteiger partial charge in [0.25, 0.3) is 0 Å². The molecule has 0 bridgehead atoms. The Morgan fingerprint density at radius 3 is 2.60 bits per heavy atom.